The van der Waals surface area contributed by atoms with Gasteiger partial charge in [-0.1, -0.05) is 32.4 Å². The average molecular weight is 499 g/mol. The number of aryl methyl sites for hydroxylation is 1. The molecule has 2 aromatic carbocycles. The molecule has 0 aliphatic rings. The molecule has 0 fully saturated rings. The summed E-state index contributed by atoms with van der Waals surface area (Å²) in [5, 5.41) is 2.72. The molecule has 1 N–H and O–H groups in total. The van der Waals surface area contributed by atoms with Crippen molar-refractivity contribution in [3.05, 3.63) is 57.9 Å². The second kappa shape index (κ2) is 10.7. The van der Waals surface area contributed by atoms with Gasteiger partial charge in [0.2, 0.25) is 15.9 Å². The third-order valence-electron chi connectivity index (χ3n) is 5.55. The summed E-state index contributed by atoms with van der Waals surface area (Å²) in [4.78, 5) is 13.3. The molecule has 9 heteroatoms. The lowest BCUT2D eigenvalue weighted by Gasteiger charge is -2.31. The number of carbonyl (C=O) groups excluding carboxylic acids is 1. The van der Waals surface area contributed by atoms with E-state index in [0.717, 1.165) is 39.1 Å². The zero-order valence-electron chi connectivity index (χ0n) is 20.1. The topological polar surface area (TPSA) is 75.7 Å². The van der Waals surface area contributed by atoms with E-state index >= 15 is 0 Å². The summed E-state index contributed by atoms with van der Waals surface area (Å²) in [5.41, 5.74) is 3.01. The van der Waals surface area contributed by atoms with Gasteiger partial charge in [-0.15, -0.1) is 0 Å². The van der Waals surface area contributed by atoms with Crippen molar-refractivity contribution in [3.8, 4) is 5.75 Å². The molecule has 2 rings (SSSR count). The Morgan fingerprint density at radius 1 is 1.18 bits per heavy atom. The minimum Gasteiger partial charge on any atom is -0.496 e. The first kappa shape index (κ1) is 26.9. The summed E-state index contributed by atoms with van der Waals surface area (Å²) in [7, 11) is -2.24. The first-order chi connectivity index (χ1) is 15.3. The van der Waals surface area contributed by atoms with Crippen molar-refractivity contribution < 1.29 is 22.3 Å². The Morgan fingerprint density at radius 2 is 1.82 bits per heavy atom. The normalized spacial score (nSPS) is 13.5. The third-order valence-corrected chi connectivity index (χ3v) is 7.02. The molecule has 0 aliphatic carbocycles. The first-order valence-corrected chi connectivity index (χ1v) is 13.0. The van der Waals surface area contributed by atoms with E-state index in [2.05, 4.69) is 19.2 Å². The zero-order valence-corrected chi connectivity index (χ0v) is 21.6. The summed E-state index contributed by atoms with van der Waals surface area (Å²) in [6, 6.07) is 6.12. The van der Waals surface area contributed by atoms with Crippen LogP contribution in [0.15, 0.2) is 30.3 Å². The van der Waals surface area contributed by atoms with Gasteiger partial charge < -0.3 is 10.1 Å². The molecule has 0 saturated heterocycles. The second-order valence-corrected chi connectivity index (χ2v) is 10.7. The minimum absolute atomic E-state index is 0.126. The van der Waals surface area contributed by atoms with Crippen molar-refractivity contribution in [2.75, 3.05) is 17.7 Å². The highest BCUT2D eigenvalue weighted by molar-refractivity contribution is 7.92. The molecule has 33 heavy (non-hydrogen) atoms. The van der Waals surface area contributed by atoms with Crippen LogP contribution in [-0.2, 0) is 14.8 Å². The SMILES string of the molecule is CC[C@@H](C(=O)N[C@@H](C)c1cc(C(C)C)c(OC)cc1C)N(c1ccc(F)c(Cl)c1)S(C)(=O)=O. The Balaban J connectivity index is 2.41. The van der Waals surface area contributed by atoms with Crippen molar-refractivity contribution in [2.24, 2.45) is 0 Å². The average Bonchev–Trinajstić information content (AvgIpc) is 2.72. The van der Waals surface area contributed by atoms with Gasteiger partial charge in [0.25, 0.3) is 0 Å². The quantitative estimate of drug-likeness (QED) is 0.506. The lowest BCUT2D eigenvalue weighted by atomic mass is 9.93. The van der Waals surface area contributed by atoms with E-state index in [1.165, 1.54) is 12.1 Å². The number of rotatable bonds is 9. The number of nitrogens with one attached hydrogen (secondary N) is 1. The molecular formula is C24H32ClFN2O4S. The number of methoxy groups -OCH3 is 1. The molecule has 182 valence electrons. The van der Waals surface area contributed by atoms with Gasteiger partial charge in [0.05, 0.1) is 30.1 Å². The fraction of sp³-hybridized carbons (Fsp3) is 0.458. The van der Waals surface area contributed by atoms with Crippen molar-refractivity contribution in [2.45, 2.75) is 59.0 Å². The van der Waals surface area contributed by atoms with Crippen molar-refractivity contribution in [3.63, 3.8) is 0 Å². The Kier molecular flexibility index (Phi) is 8.76. The smallest absolute Gasteiger partial charge is 0.244 e. The Labute approximate surface area is 201 Å². The van der Waals surface area contributed by atoms with Crippen molar-refractivity contribution in [1.29, 1.82) is 0 Å². The minimum atomic E-state index is -3.86. The van der Waals surface area contributed by atoms with E-state index in [1.54, 1.807) is 14.0 Å². The Morgan fingerprint density at radius 3 is 2.30 bits per heavy atom. The fourth-order valence-electron chi connectivity index (χ4n) is 3.88. The molecular weight excluding hydrogens is 467 g/mol. The highest BCUT2D eigenvalue weighted by Gasteiger charge is 2.33. The number of amides is 1. The van der Waals surface area contributed by atoms with Crippen LogP contribution in [0.4, 0.5) is 10.1 Å². The van der Waals surface area contributed by atoms with E-state index < -0.39 is 27.8 Å². The molecule has 0 heterocycles. The number of ether oxygens (including phenoxy) is 1. The Bertz CT molecular complexity index is 1120. The number of benzene rings is 2. The standard InChI is InChI=1S/C24H32ClFN2O4S/c1-8-22(28(33(7,30)31)17-9-10-21(26)20(25)12-17)24(29)27-16(5)19-13-18(14(2)3)23(32-6)11-15(19)4/h9-14,16,22H,8H2,1-7H3,(H,27,29)/t16-,22-/m0/s1. The van der Waals surface area contributed by atoms with E-state index in [1.807, 2.05) is 26.0 Å². The van der Waals surface area contributed by atoms with Gasteiger partial charge in [-0.05, 0) is 73.2 Å². The Hall–Kier alpha value is -2.32. The van der Waals surface area contributed by atoms with Crippen LogP contribution >= 0.6 is 11.6 Å². The molecule has 0 radical (unpaired) electrons. The van der Waals surface area contributed by atoms with Gasteiger partial charge in [0, 0.05) is 0 Å². The van der Waals surface area contributed by atoms with Crippen LogP contribution in [0.3, 0.4) is 0 Å². The summed E-state index contributed by atoms with van der Waals surface area (Å²) in [6.45, 7) is 9.62. The molecule has 2 atom stereocenters. The van der Waals surface area contributed by atoms with E-state index in [0.29, 0.717) is 0 Å². The van der Waals surface area contributed by atoms with Crippen molar-refractivity contribution in [1.82, 2.24) is 5.32 Å². The lowest BCUT2D eigenvalue weighted by Crippen LogP contribution is -2.49. The van der Waals surface area contributed by atoms with E-state index in [4.69, 9.17) is 16.3 Å². The molecule has 0 saturated carbocycles. The molecule has 2 aromatic rings. The number of anilines is 1. The molecule has 0 bridgehead atoms. The summed E-state index contributed by atoms with van der Waals surface area (Å²) >= 11 is 5.87. The molecule has 0 unspecified atom stereocenters. The number of nitrogens with zero attached hydrogens (tertiary/aromatic N) is 1. The van der Waals surface area contributed by atoms with Crippen LogP contribution in [0.25, 0.3) is 0 Å². The second-order valence-electron chi connectivity index (χ2n) is 8.42. The summed E-state index contributed by atoms with van der Waals surface area (Å²) in [6.07, 6.45) is 1.21. The monoisotopic (exact) mass is 498 g/mol. The zero-order chi connectivity index (χ0) is 25.1. The third kappa shape index (κ3) is 6.18. The van der Waals surface area contributed by atoms with Gasteiger partial charge >= 0.3 is 0 Å². The highest BCUT2D eigenvalue weighted by Crippen LogP contribution is 2.32. The predicted octanol–water partition coefficient (Wildman–Crippen LogP) is 5.34. The molecule has 0 aliphatic heterocycles. The number of hydrogen-bond donors (Lipinski definition) is 1. The predicted molar refractivity (Wildman–Crippen MR) is 131 cm³/mol. The van der Waals surface area contributed by atoms with E-state index in [9.17, 15) is 17.6 Å². The van der Waals surface area contributed by atoms with Crippen molar-refractivity contribution >= 4 is 33.2 Å². The fourth-order valence-corrected chi connectivity index (χ4v) is 5.26. The number of hydrogen-bond acceptors (Lipinski definition) is 4. The van der Waals surface area contributed by atoms with Gasteiger partial charge in [-0.3, -0.25) is 9.10 Å². The number of halogens is 2. The highest BCUT2D eigenvalue weighted by atomic mass is 35.5. The van der Waals surface area contributed by atoms with Gasteiger partial charge in [0.1, 0.15) is 17.6 Å². The van der Waals surface area contributed by atoms with Crippen LogP contribution in [-0.4, -0.2) is 33.7 Å². The first-order valence-electron chi connectivity index (χ1n) is 10.7. The van der Waals surface area contributed by atoms with Gasteiger partial charge in [-0.25, -0.2) is 12.8 Å². The summed E-state index contributed by atoms with van der Waals surface area (Å²) < 4.78 is 45.4. The van der Waals surface area contributed by atoms with Crippen LogP contribution in [0.5, 0.6) is 5.75 Å². The van der Waals surface area contributed by atoms with E-state index in [-0.39, 0.29) is 29.1 Å². The van der Waals surface area contributed by atoms with Crippen LogP contribution < -0.4 is 14.4 Å². The van der Waals surface area contributed by atoms with Gasteiger partial charge in [0.15, 0.2) is 0 Å². The maximum absolute atomic E-state index is 13.7. The molecule has 6 nitrogen and oxygen atoms in total. The van der Waals surface area contributed by atoms with Gasteiger partial charge in [-0.2, -0.15) is 0 Å². The maximum Gasteiger partial charge on any atom is 0.244 e. The summed E-state index contributed by atoms with van der Waals surface area (Å²) in [5.74, 6) is -0.129. The molecule has 0 spiro atoms. The number of carbonyl (C=O) groups is 1. The van der Waals surface area contributed by atoms with Crippen LogP contribution in [0.1, 0.15) is 62.8 Å². The van der Waals surface area contributed by atoms with Crippen LogP contribution in [0, 0.1) is 12.7 Å². The largest absolute Gasteiger partial charge is 0.496 e. The number of sulfonamides is 1. The molecule has 0 aromatic heterocycles. The maximum atomic E-state index is 13.7. The van der Waals surface area contributed by atoms with Crippen LogP contribution in [0.2, 0.25) is 5.02 Å². The lowest BCUT2D eigenvalue weighted by molar-refractivity contribution is -0.122. The molecule has 1 amide bonds.